The largest absolute Gasteiger partial charge is 0.456 e. The van der Waals surface area contributed by atoms with Crippen LogP contribution in [0.4, 0.5) is 5.69 Å². The van der Waals surface area contributed by atoms with Gasteiger partial charge in [-0.15, -0.1) is 0 Å². The zero-order valence-electron chi connectivity index (χ0n) is 11.3. The first kappa shape index (κ1) is 14.5. The molecular formula is C13H15BrN4O2. The molecule has 0 amide bonds. The lowest BCUT2D eigenvalue weighted by molar-refractivity contribution is 0.0461. The van der Waals surface area contributed by atoms with Gasteiger partial charge in [-0.3, -0.25) is 9.67 Å². The Kier molecular flexibility index (Phi) is 4.39. The highest BCUT2D eigenvalue weighted by Gasteiger charge is 2.20. The van der Waals surface area contributed by atoms with E-state index in [1.165, 1.54) is 4.68 Å². The Balaban J connectivity index is 2.11. The molecule has 6 nitrogen and oxygen atoms in total. The number of hydrogen-bond acceptors (Lipinski definition) is 5. The van der Waals surface area contributed by atoms with Gasteiger partial charge in [0.05, 0.1) is 11.4 Å². The van der Waals surface area contributed by atoms with Gasteiger partial charge < -0.3 is 10.5 Å². The normalized spacial score (nSPS) is 10.6. The number of aryl methyl sites for hydroxylation is 2. The summed E-state index contributed by atoms with van der Waals surface area (Å²) in [7, 11) is 1.67. The number of carbonyl (C=O) groups is 1. The highest BCUT2D eigenvalue weighted by Crippen LogP contribution is 2.18. The molecule has 0 aliphatic heterocycles. The molecule has 7 heteroatoms. The number of nitrogen functional groups attached to an aromatic ring is 1. The molecule has 106 valence electrons. The second-order valence-electron chi connectivity index (χ2n) is 4.27. The quantitative estimate of drug-likeness (QED) is 0.863. The third-order valence-electron chi connectivity index (χ3n) is 2.82. The maximum atomic E-state index is 12.1. The Hall–Kier alpha value is -1.89. The van der Waals surface area contributed by atoms with Crippen molar-refractivity contribution in [3.8, 4) is 0 Å². The number of pyridine rings is 1. The molecule has 0 radical (unpaired) electrons. The minimum absolute atomic E-state index is 0.136. The smallest absolute Gasteiger partial charge is 0.359 e. The van der Waals surface area contributed by atoms with Crippen LogP contribution in [0.1, 0.15) is 28.7 Å². The van der Waals surface area contributed by atoms with Crippen LogP contribution in [-0.2, 0) is 24.8 Å². The Bertz CT molecular complexity index is 639. The number of esters is 1. The van der Waals surface area contributed by atoms with Crippen molar-refractivity contribution in [1.29, 1.82) is 0 Å². The summed E-state index contributed by atoms with van der Waals surface area (Å²) < 4.78 is 7.53. The third-order valence-corrected chi connectivity index (χ3v) is 3.25. The summed E-state index contributed by atoms with van der Waals surface area (Å²) >= 11 is 3.31. The highest BCUT2D eigenvalue weighted by molar-refractivity contribution is 9.10. The van der Waals surface area contributed by atoms with E-state index in [0.717, 1.165) is 10.0 Å². The summed E-state index contributed by atoms with van der Waals surface area (Å²) in [5.74, 6) is -0.489. The molecule has 0 fully saturated rings. The van der Waals surface area contributed by atoms with Crippen LogP contribution >= 0.6 is 15.9 Å². The summed E-state index contributed by atoms with van der Waals surface area (Å²) in [5.41, 5.74) is 8.06. The van der Waals surface area contributed by atoms with Gasteiger partial charge in [-0.05, 0) is 28.4 Å². The molecule has 2 heterocycles. The molecule has 0 spiro atoms. The van der Waals surface area contributed by atoms with Gasteiger partial charge in [-0.1, -0.05) is 6.92 Å². The molecule has 0 saturated carbocycles. The monoisotopic (exact) mass is 338 g/mol. The van der Waals surface area contributed by atoms with E-state index in [9.17, 15) is 4.79 Å². The van der Waals surface area contributed by atoms with Crippen molar-refractivity contribution in [2.75, 3.05) is 5.73 Å². The Morgan fingerprint density at radius 3 is 2.85 bits per heavy atom. The first-order valence-corrected chi connectivity index (χ1v) is 6.90. The molecule has 0 aromatic carbocycles. The molecule has 0 aliphatic carbocycles. The standard InChI is InChI=1S/C13H15BrN4O2/c1-3-10-11(15)12(18(2)17-10)13(19)20-7-8-4-9(14)6-16-5-8/h4-6H,3,7,15H2,1-2H3. The Morgan fingerprint density at radius 1 is 1.50 bits per heavy atom. The predicted molar refractivity (Wildman–Crippen MR) is 78.1 cm³/mol. The zero-order chi connectivity index (χ0) is 14.7. The lowest BCUT2D eigenvalue weighted by Crippen LogP contribution is -2.12. The summed E-state index contributed by atoms with van der Waals surface area (Å²) in [5, 5.41) is 4.19. The van der Waals surface area contributed by atoms with Crippen molar-refractivity contribution in [3.63, 3.8) is 0 Å². The van der Waals surface area contributed by atoms with Crippen LogP contribution in [0.5, 0.6) is 0 Å². The van der Waals surface area contributed by atoms with Crippen molar-refractivity contribution in [3.05, 3.63) is 39.9 Å². The number of hydrogen-bond donors (Lipinski definition) is 1. The van der Waals surface area contributed by atoms with Crippen molar-refractivity contribution in [1.82, 2.24) is 14.8 Å². The van der Waals surface area contributed by atoms with Crippen LogP contribution in [0.25, 0.3) is 0 Å². The van der Waals surface area contributed by atoms with E-state index in [1.807, 2.05) is 13.0 Å². The lowest BCUT2D eigenvalue weighted by atomic mass is 10.2. The fourth-order valence-electron chi connectivity index (χ4n) is 1.85. The van der Waals surface area contributed by atoms with Gasteiger partial charge in [0.2, 0.25) is 0 Å². The maximum absolute atomic E-state index is 12.1. The van der Waals surface area contributed by atoms with Crippen molar-refractivity contribution < 1.29 is 9.53 Å². The van der Waals surface area contributed by atoms with Gasteiger partial charge >= 0.3 is 5.97 Å². The molecule has 0 saturated heterocycles. The van der Waals surface area contributed by atoms with E-state index < -0.39 is 5.97 Å². The minimum atomic E-state index is -0.489. The summed E-state index contributed by atoms with van der Waals surface area (Å²) in [6.45, 7) is 2.07. The molecule has 0 unspecified atom stereocenters. The van der Waals surface area contributed by atoms with E-state index in [4.69, 9.17) is 10.5 Å². The SMILES string of the molecule is CCc1nn(C)c(C(=O)OCc2cncc(Br)c2)c1N. The van der Waals surface area contributed by atoms with E-state index in [1.54, 1.807) is 19.4 Å². The highest BCUT2D eigenvalue weighted by atomic mass is 79.9. The summed E-state index contributed by atoms with van der Waals surface area (Å²) in [6, 6.07) is 1.84. The molecule has 0 atom stereocenters. The van der Waals surface area contributed by atoms with Crippen LogP contribution in [0.15, 0.2) is 22.9 Å². The van der Waals surface area contributed by atoms with Gasteiger partial charge in [0, 0.05) is 29.5 Å². The molecular weight excluding hydrogens is 324 g/mol. The van der Waals surface area contributed by atoms with Crippen LogP contribution in [0.2, 0.25) is 0 Å². The summed E-state index contributed by atoms with van der Waals surface area (Å²) in [6.07, 6.45) is 3.97. The number of ether oxygens (including phenoxy) is 1. The Labute approximate surface area is 125 Å². The van der Waals surface area contributed by atoms with Gasteiger partial charge in [0.25, 0.3) is 0 Å². The first-order chi connectivity index (χ1) is 9.52. The molecule has 20 heavy (non-hydrogen) atoms. The summed E-state index contributed by atoms with van der Waals surface area (Å²) in [4.78, 5) is 16.1. The number of rotatable bonds is 4. The average Bonchev–Trinajstić information content (AvgIpc) is 2.71. The van der Waals surface area contributed by atoms with E-state index in [2.05, 4.69) is 26.0 Å². The number of aromatic nitrogens is 3. The van der Waals surface area contributed by atoms with Crippen LogP contribution in [0.3, 0.4) is 0 Å². The van der Waals surface area contributed by atoms with Crippen molar-refractivity contribution >= 4 is 27.6 Å². The fraction of sp³-hybridized carbons (Fsp3) is 0.308. The molecule has 2 aromatic rings. The lowest BCUT2D eigenvalue weighted by Gasteiger charge is -2.06. The minimum Gasteiger partial charge on any atom is -0.456 e. The molecule has 2 aromatic heterocycles. The fourth-order valence-corrected chi connectivity index (χ4v) is 2.26. The van der Waals surface area contributed by atoms with E-state index >= 15 is 0 Å². The third kappa shape index (κ3) is 2.98. The number of carbonyl (C=O) groups excluding carboxylic acids is 1. The van der Waals surface area contributed by atoms with Crippen molar-refractivity contribution in [2.45, 2.75) is 20.0 Å². The van der Waals surface area contributed by atoms with Crippen LogP contribution < -0.4 is 5.73 Å². The van der Waals surface area contributed by atoms with Crippen LogP contribution in [0, 0.1) is 0 Å². The van der Waals surface area contributed by atoms with Gasteiger partial charge in [0.1, 0.15) is 6.61 Å². The second-order valence-corrected chi connectivity index (χ2v) is 5.19. The van der Waals surface area contributed by atoms with Gasteiger partial charge in [0.15, 0.2) is 5.69 Å². The number of anilines is 1. The predicted octanol–water partition coefficient (Wildman–Crippen LogP) is 2.08. The maximum Gasteiger partial charge on any atom is 0.359 e. The Morgan fingerprint density at radius 2 is 2.25 bits per heavy atom. The van der Waals surface area contributed by atoms with E-state index in [-0.39, 0.29) is 12.3 Å². The zero-order valence-corrected chi connectivity index (χ0v) is 12.8. The molecule has 2 rings (SSSR count). The second kappa shape index (κ2) is 6.04. The topological polar surface area (TPSA) is 83.0 Å². The van der Waals surface area contributed by atoms with Crippen molar-refractivity contribution in [2.24, 2.45) is 7.05 Å². The molecule has 0 bridgehead atoms. The molecule has 0 aliphatic rings. The first-order valence-electron chi connectivity index (χ1n) is 6.10. The van der Waals surface area contributed by atoms with Gasteiger partial charge in [-0.25, -0.2) is 4.79 Å². The van der Waals surface area contributed by atoms with E-state index in [0.29, 0.717) is 17.8 Å². The average molecular weight is 339 g/mol. The van der Waals surface area contributed by atoms with Crippen LogP contribution in [-0.4, -0.2) is 20.7 Å². The number of halogens is 1. The number of nitrogens with two attached hydrogens (primary N) is 1. The molecule has 2 N–H and O–H groups in total. The number of nitrogens with zero attached hydrogens (tertiary/aromatic N) is 3. The van der Waals surface area contributed by atoms with Gasteiger partial charge in [-0.2, -0.15) is 5.10 Å².